The summed E-state index contributed by atoms with van der Waals surface area (Å²) >= 11 is 2.96. The highest BCUT2D eigenvalue weighted by atomic mass is 32.2. The zero-order chi connectivity index (χ0) is 24.5. The van der Waals surface area contributed by atoms with Crippen molar-refractivity contribution in [3.63, 3.8) is 0 Å². The first-order valence-electron chi connectivity index (χ1n) is 11.2. The number of aliphatic imine (C=N–C) groups is 1. The normalized spacial score (nSPS) is 18.4. The number of amides is 1. The van der Waals surface area contributed by atoms with E-state index in [1.54, 1.807) is 47.9 Å². The second-order valence-electron chi connectivity index (χ2n) is 8.01. The molecule has 2 aliphatic heterocycles. The van der Waals surface area contributed by atoms with Crippen LogP contribution in [0.5, 0.6) is 0 Å². The van der Waals surface area contributed by atoms with Gasteiger partial charge in [-0.15, -0.1) is 0 Å². The highest BCUT2D eigenvalue weighted by molar-refractivity contribution is 8.20. The standard InChI is InChI=1S/C27H23N3O3S2/c1-4-33-26(32)18-12-14-19(15-13-18)28-27-30(20-9-7-8-17(2)16-20)24(31)23(35-27)25-29(3)21-10-5-6-11-22(21)34-25/h5-16H,4H2,1-3H3. The van der Waals surface area contributed by atoms with Gasteiger partial charge in [0.1, 0.15) is 4.91 Å². The number of amidine groups is 1. The third-order valence-corrected chi connectivity index (χ3v) is 7.97. The first kappa shape index (κ1) is 23.3. The molecule has 2 heterocycles. The molecule has 3 aromatic rings. The number of hydrogen-bond donors (Lipinski definition) is 0. The average Bonchev–Trinajstić information content (AvgIpc) is 3.36. The molecule has 35 heavy (non-hydrogen) atoms. The molecule has 0 atom stereocenters. The highest BCUT2D eigenvalue weighted by Crippen LogP contribution is 2.50. The van der Waals surface area contributed by atoms with Gasteiger partial charge in [0.2, 0.25) is 0 Å². The van der Waals surface area contributed by atoms with E-state index in [1.165, 1.54) is 11.8 Å². The summed E-state index contributed by atoms with van der Waals surface area (Å²) in [6, 6.07) is 22.8. The summed E-state index contributed by atoms with van der Waals surface area (Å²) in [5.41, 5.74) is 4.01. The Morgan fingerprint density at radius 2 is 1.77 bits per heavy atom. The van der Waals surface area contributed by atoms with Gasteiger partial charge in [-0.05, 0) is 79.7 Å². The maximum Gasteiger partial charge on any atom is 0.338 e. The second-order valence-corrected chi connectivity index (χ2v) is 10.0. The molecule has 0 N–H and O–H groups in total. The molecular weight excluding hydrogens is 478 g/mol. The Morgan fingerprint density at radius 3 is 2.49 bits per heavy atom. The fourth-order valence-electron chi connectivity index (χ4n) is 3.87. The molecule has 3 aromatic carbocycles. The van der Waals surface area contributed by atoms with Gasteiger partial charge in [-0.25, -0.2) is 9.79 Å². The Kier molecular flexibility index (Phi) is 6.40. The van der Waals surface area contributed by atoms with Crippen molar-refractivity contribution in [1.82, 2.24) is 0 Å². The number of fused-ring (bicyclic) bond motifs is 1. The molecule has 1 fully saturated rings. The van der Waals surface area contributed by atoms with Crippen molar-refractivity contribution < 1.29 is 14.3 Å². The summed E-state index contributed by atoms with van der Waals surface area (Å²) in [5, 5.41) is 1.46. The number of benzene rings is 3. The van der Waals surface area contributed by atoms with E-state index in [-0.39, 0.29) is 11.9 Å². The van der Waals surface area contributed by atoms with Gasteiger partial charge in [0.05, 0.1) is 34.3 Å². The summed E-state index contributed by atoms with van der Waals surface area (Å²) in [5.74, 6) is -0.476. The summed E-state index contributed by atoms with van der Waals surface area (Å²) in [6.07, 6.45) is 0. The predicted molar refractivity (Wildman–Crippen MR) is 143 cm³/mol. The first-order chi connectivity index (χ1) is 17.0. The van der Waals surface area contributed by atoms with E-state index in [1.807, 2.05) is 50.4 Å². The van der Waals surface area contributed by atoms with Crippen molar-refractivity contribution in [1.29, 1.82) is 0 Å². The third kappa shape index (κ3) is 4.47. The van der Waals surface area contributed by atoms with Crippen LogP contribution in [0.3, 0.4) is 0 Å². The molecule has 6 nitrogen and oxygen atoms in total. The largest absolute Gasteiger partial charge is 0.462 e. The smallest absolute Gasteiger partial charge is 0.338 e. The molecule has 0 aromatic heterocycles. The van der Waals surface area contributed by atoms with E-state index in [9.17, 15) is 9.59 Å². The Morgan fingerprint density at radius 1 is 1.00 bits per heavy atom. The molecule has 2 aliphatic rings. The van der Waals surface area contributed by atoms with Gasteiger partial charge in [-0.3, -0.25) is 9.69 Å². The van der Waals surface area contributed by atoms with Gasteiger partial charge >= 0.3 is 5.97 Å². The lowest BCUT2D eigenvalue weighted by atomic mass is 10.2. The minimum atomic E-state index is -0.369. The van der Waals surface area contributed by atoms with Crippen LogP contribution in [0.25, 0.3) is 0 Å². The van der Waals surface area contributed by atoms with Crippen molar-refractivity contribution in [3.05, 3.63) is 93.9 Å². The molecule has 0 saturated carbocycles. The molecule has 0 spiro atoms. The number of esters is 1. The monoisotopic (exact) mass is 501 g/mol. The van der Waals surface area contributed by atoms with Gasteiger partial charge in [-0.1, -0.05) is 36.0 Å². The molecule has 0 radical (unpaired) electrons. The van der Waals surface area contributed by atoms with Gasteiger partial charge in [0.25, 0.3) is 5.91 Å². The maximum atomic E-state index is 13.8. The summed E-state index contributed by atoms with van der Waals surface area (Å²) in [6.45, 7) is 4.09. The third-order valence-electron chi connectivity index (χ3n) is 5.58. The average molecular weight is 502 g/mol. The first-order valence-corrected chi connectivity index (χ1v) is 12.8. The number of aryl methyl sites for hydroxylation is 1. The van der Waals surface area contributed by atoms with Crippen molar-refractivity contribution in [2.45, 2.75) is 18.7 Å². The van der Waals surface area contributed by atoms with Crippen LogP contribution >= 0.6 is 23.5 Å². The van der Waals surface area contributed by atoms with E-state index < -0.39 is 0 Å². The number of carbonyl (C=O) groups excluding carboxylic acids is 2. The van der Waals surface area contributed by atoms with Crippen LogP contribution in [0.15, 0.2) is 92.6 Å². The molecule has 0 unspecified atom stereocenters. The number of rotatable bonds is 4. The lowest BCUT2D eigenvalue weighted by Gasteiger charge is -2.17. The highest BCUT2D eigenvalue weighted by Gasteiger charge is 2.40. The molecule has 1 amide bonds. The Labute approximate surface area is 212 Å². The van der Waals surface area contributed by atoms with Crippen LogP contribution in [0.4, 0.5) is 17.1 Å². The zero-order valence-electron chi connectivity index (χ0n) is 19.5. The van der Waals surface area contributed by atoms with Crippen molar-refractivity contribution in [2.75, 3.05) is 23.5 Å². The van der Waals surface area contributed by atoms with Crippen LogP contribution in [0.1, 0.15) is 22.8 Å². The molecule has 1 saturated heterocycles. The molecule has 5 rings (SSSR count). The van der Waals surface area contributed by atoms with E-state index in [4.69, 9.17) is 9.73 Å². The van der Waals surface area contributed by atoms with E-state index in [2.05, 4.69) is 17.0 Å². The van der Waals surface area contributed by atoms with Crippen molar-refractivity contribution in [3.8, 4) is 0 Å². The number of anilines is 2. The second kappa shape index (κ2) is 9.64. The Bertz CT molecular complexity index is 1380. The molecule has 0 bridgehead atoms. The summed E-state index contributed by atoms with van der Waals surface area (Å²) in [4.78, 5) is 36.1. The number of nitrogens with zero attached hydrogens (tertiary/aromatic N) is 3. The van der Waals surface area contributed by atoms with E-state index in [0.29, 0.717) is 27.9 Å². The number of hydrogen-bond acceptors (Lipinski definition) is 7. The van der Waals surface area contributed by atoms with E-state index in [0.717, 1.165) is 26.9 Å². The quantitative estimate of drug-likeness (QED) is 0.307. The van der Waals surface area contributed by atoms with Crippen molar-refractivity contribution >= 4 is 57.6 Å². The maximum absolute atomic E-state index is 13.8. The van der Waals surface area contributed by atoms with Crippen molar-refractivity contribution in [2.24, 2.45) is 4.99 Å². The molecule has 0 aliphatic carbocycles. The van der Waals surface area contributed by atoms with Gasteiger partial charge in [0, 0.05) is 11.9 Å². The van der Waals surface area contributed by atoms with Crippen LogP contribution in [0, 0.1) is 6.92 Å². The van der Waals surface area contributed by atoms with E-state index >= 15 is 0 Å². The number of carbonyl (C=O) groups is 2. The van der Waals surface area contributed by atoms with Gasteiger partial charge in [-0.2, -0.15) is 0 Å². The lowest BCUT2D eigenvalue weighted by Crippen LogP contribution is -2.29. The SMILES string of the molecule is CCOC(=O)c1ccc(N=C2SC(=C3Sc4ccccc4N3C)C(=O)N2c2cccc(C)c2)cc1. The van der Waals surface area contributed by atoms with Crippen LogP contribution < -0.4 is 9.80 Å². The van der Waals surface area contributed by atoms with Gasteiger partial charge in [0.15, 0.2) is 5.17 Å². The minimum absolute atomic E-state index is 0.107. The minimum Gasteiger partial charge on any atom is -0.462 e. The molecule has 8 heteroatoms. The van der Waals surface area contributed by atoms with Gasteiger partial charge < -0.3 is 9.64 Å². The summed E-state index contributed by atoms with van der Waals surface area (Å²) in [7, 11) is 1.98. The molecule has 176 valence electrons. The topological polar surface area (TPSA) is 62.2 Å². The zero-order valence-corrected chi connectivity index (χ0v) is 21.2. The predicted octanol–water partition coefficient (Wildman–Crippen LogP) is 6.35. The van der Waals surface area contributed by atoms with Crippen LogP contribution in [0.2, 0.25) is 0 Å². The number of para-hydroxylation sites is 1. The Hall–Kier alpha value is -3.49. The van der Waals surface area contributed by atoms with Crippen LogP contribution in [-0.4, -0.2) is 30.7 Å². The lowest BCUT2D eigenvalue weighted by molar-refractivity contribution is -0.113. The Balaban J connectivity index is 1.55. The summed E-state index contributed by atoms with van der Waals surface area (Å²) < 4.78 is 5.06. The number of ether oxygens (including phenoxy) is 1. The fraction of sp³-hybridized carbons (Fsp3) is 0.148. The number of thioether (sulfide) groups is 2. The molecular formula is C27H23N3O3S2. The van der Waals surface area contributed by atoms with Crippen LogP contribution in [-0.2, 0) is 9.53 Å². The fourth-order valence-corrected chi connectivity index (χ4v) is 6.22.